The minimum atomic E-state index is -4.24. The van der Waals surface area contributed by atoms with Gasteiger partial charge in [-0.1, -0.05) is 20.8 Å². The summed E-state index contributed by atoms with van der Waals surface area (Å²) in [5.74, 6) is -3.41. The number of anilines is 2. The Labute approximate surface area is 179 Å². The van der Waals surface area contributed by atoms with Gasteiger partial charge in [-0.25, -0.2) is 4.39 Å². The number of rotatable bonds is 4. The average Bonchev–Trinajstić information content (AvgIpc) is 2.56. The van der Waals surface area contributed by atoms with E-state index in [2.05, 4.69) is 5.32 Å². The molecule has 1 atom stereocenters. The predicted molar refractivity (Wildman–Crippen MR) is 109 cm³/mol. The molecule has 5 nitrogen and oxygen atoms in total. The number of nitrogens with zero attached hydrogens (tertiary/aromatic N) is 1. The van der Waals surface area contributed by atoms with Crippen LogP contribution in [0, 0.1) is 30.0 Å². The maximum absolute atomic E-state index is 15.3. The van der Waals surface area contributed by atoms with E-state index in [-0.39, 0.29) is 60.2 Å². The number of nitrogens with one attached hydrogen (secondary N) is 1. The van der Waals surface area contributed by atoms with Crippen molar-refractivity contribution in [2.75, 3.05) is 16.8 Å². The molecule has 0 bridgehead atoms. The van der Waals surface area contributed by atoms with Gasteiger partial charge in [0.25, 0.3) is 5.91 Å². The molecule has 31 heavy (non-hydrogen) atoms. The van der Waals surface area contributed by atoms with Crippen molar-refractivity contribution >= 4 is 23.2 Å². The summed E-state index contributed by atoms with van der Waals surface area (Å²) in [7, 11) is 0. The van der Waals surface area contributed by atoms with Crippen LogP contribution in [0.25, 0.3) is 0 Å². The van der Waals surface area contributed by atoms with Gasteiger partial charge in [-0.05, 0) is 49.7 Å². The Morgan fingerprint density at radius 3 is 2.42 bits per heavy atom. The molecule has 1 unspecified atom stereocenters. The second-order valence-electron chi connectivity index (χ2n) is 9.80. The SMILES string of the molecule is Cc1cc2c(c(F)c1NC(=O)CC(C)(C)C)OC(C)C(=O)N2CC1CC(C(F)(F)F)C1. The average molecular weight is 444 g/mol. The van der Waals surface area contributed by atoms with Crippen LogP contribution in [0.3, 0.4) is 0 Å². The number of fused-ring (bicyclic) bond motifs is 1. The number of halogens is 4. The van der Waals surface area contributed by atoms with Crippen molar-refractivity contribution in [3.05, 3.63) is 17.4 Å². The number of alkyl halides is 3. The Kier molecular flexibility index (Phi) is 6.01. The van der Waals surface area contributed by atoms with Crippen LogP contribution >= 0.6 is 0 Å². The summed E-state index contributed by atoms with van der Waals surface area (Å²) < 4.78 is 59.2. The number of benzene rings is 1. The van der Waals surface area contributed by atoms with E-state index in [0.29, 0.717) is 5.56 Å². The van der Waals surface area contributed by atoms with Crippen molar-refractivity contribution in [2.24, 2.45) is 17.3 Å². The van der Waals surface area contributed by atoms with E-state index in [1.165, 1.54) is 17.9 Å². The summed E-state index contributed by atoms with van der Waals surface area (Å²) >= 11 is 0. The minimum absolute atomic E-state index is 0.0183. The molecule has 172 valence electrons. The van der Waals surface area contributed by atoms with Crippen molar-refractivity contribution < 1.29 is 31.9 Å². The Morgan fingerprint density at radius 1 is 1.26 bits per heavy atom. The zero-order chi connectivity index (χ0) is 23.3. The third-order valence-electron chi connectivity index (χ3n) is 5.69. The van der Waals surface area contributed by atoms with Gasteiger partial charge in [-0.3, -0.25) is 9.59 Å². The molecule has 2 aliphatic rings. The van der Waals surface area contributed by atoms with E-state index in [1.807, 2.05) is 20.8 Å². The van der Waals surface area contributed by atoms with Crippen LogP contribution in [0.4, 0.5) is 28.9 Å². The highest BCUT2D eigenvalue weighted by Crippen LogP contribution is 2.47. The maximum atomic E-state index is 15.3. The van der Waals surface area contributed by atoms with Crippen LogP contribution in [0.1, 0.15) is 52.5 Å². The number of hydrogen-bond donors (Lipinski definition) is 1. The molecule has 1 aromatic carbocycles. The lowest BCUT2D eigenvalue weighted by Crippen LogP contribution is -2.49. The largest absolute Gasteiger partial charge is 0.476 e. The lowest BCUT2D eigenvalue weighted by atomic mass is 9.74. The number of ether oxygens (including phenoxy) is 1. The first-order valence-corrected chi connectivity index (χ1v) is 10.3. The van der Waals surface area contributed by atoms with E-state index < -0.39 is 29.9 Å². The molecule has 0 spiro atoms. The normalized spacial score (nSPS) is 23.7. The van der Waals surface area contributed by atoms with Crippen LogP contribution in [-0.2, 0) is 9.59 Å². The highest BCUT2D eigenvalue weighted by atomic mass is 19.4. The third-order valence-corrected chi connectivity index (χ3v) is 5.69. The smallest absolute Gasteiger partial charge is 0.391 e. The van der Waals surface area contributed by atoms with E-state index in [9.17, 15) is 22.8 Å². The number of carbonyl (C=O) groups excluding carboxylic acids is 2. The summed E-state index contributed by atoms with van der Waals surface area (Å²) in [5, 5.41) is 2.59. The number of carbonyl (C=O) groups is 2. The van der Waals surface area contributed by atoms with Crippen molar-refractivity contribution in [1.29, 1.82) is 0 Å². The summed E-state index contributed by atoms with van der Waals surface area (Å²) in [4.78, 5) is 26.3. The number of hydrogen-bond acceptors (Lipinski definition) is 3. The van der Waals surface area contributed by atoms with Gasteiger partial charge in [0.2, 0.25) is 5.91 Å². The molecule has 1 saturated carbocycles. The zero-order valence-corrected chi connectivity index (χ0v) is 18.3. The standard InChI is InChI=1S/C22H28F4N2O3/c1-11-6-15-19(17(23)18(11)27-16(29)9-21(3,4)5)31-12(2)20(30)28(15)10-13-7-14(8-13)22(24,25)26/h6,12-14H,7-10H2,1-5H3,(H,27,29). The molecular weight excluding hydrogens is 416 g/mol. The highest BCUT2D eigenvalue weighted by molar-refractivity contribution is 6.01. The predicted octanol–water partition coefficient (Wildman–Crippen LogP) is 5.21. The van der Waals surface area contributed by atoms with Gasteiger partial charge in [0.1, 0.15) is 0 Å². The van der Waals surface area contributed by atoms with Gasteiger partial charge in [0.05, 0.1) is 17.3 Å². The van der Waals surface area contributed by atoms with Crippen molar-refractivity contribution in [3.63, 3.8) is 0 Å². The monoisotopic (exact) mass is 444 g/mol. The molecule has 1 heterocycles. The molecular formula is C22H28F4N2O3. The Bertz CT molecular complexity index is 886. The molecule has 1 N–H and O–H groups in total. The molecule has 0 saturated heterocycles. The first kappa shape index (κ1) is 23.3. The van der Waals surface area contributed by atoms with Gasteiger partial charge < -0.3 is 15.0 Å². The molecule has 0 radical (unpaired) electrons. The molecule has 1 aliphatic heterocycles. The van der Waals surface area contributed by atoms with Crippen LogP contribution in [0.15, 0.2) is 6.07 Å². The number of amides is 2. The van der Waals surface area contributed by atoms with Crippen LogP contribution < -0.4 is 15.0 Å². The van der Waals surface area contributed by atoms with E-state index >= 15 is 4.39 Å². The lowest BCUT2D eigenvalue weighted by Gasteiger charge is -2.41. The summed E-state index contributed by atoms with van der Waals surface area (Å²) in [6.45, 7) is 8.80. The quantitative estimate of drug-likeness (QED) is 0.649. The molecule has 3 rings (SSSR count). The van der Waals surface area contributed by atoms with E-state index in [0.717, 1.165) is 0 Å². The molecule has 0 aromatic heterocycles. The van der Waals surface area contributed by atoms with Gasteiger partial charge in [-0.15, -0.1) is 0 Å². The first-order valence-electron chi connectivity index (χ1n) is 10.3. The minimum Gasteiger partial charge on any atom is -0.476 e. The molecule has 9 heteroatoms. The molecule has 1 aromatic rings. The van der Waals surface area contributed by atoms with Crippen LogP contribution in [0.5, 0.6) is 5.75 Å². The van der Waals surface area contributed by atoms with Crippen molar-refractivity contribution in [3.8, 4) is 5.75 Å². The fourth-order valence-electron chi connectivity index (χ4n) is 4.04. The van der Waals surface area contributed by atoms with Crippen molar-refractivity contribution in [2.45, 2.75) is 66.2 Å². The zero-order valence-electron chi connectivity index (χ0n) is 18.3. The number of aryl methyl sites for hydroxylation is 1. The van der Waals surface area contributed by atoms with Crippen LogP contribution in [0.2, 0.25) is 0 Å². The fraction of sp³-hybridized carbons (Fsp3) is 0.636. The Balaban J connectivity index is 1.85. The van der Waals surface area contributed by atoms with E-state index in [4.69, 9.17) is 4.74 Å². The Morgan fingerprint density at radius 2 is 1.87 bits per heavy atom. The topological polar surface area (TPSA) is 58.6 Å². The first-order chi connectivity index (χ1) is 14.2. The second-order valence-corrected chi connectivity index (χ2v) is 9.80. The van der Waals surface area contributed by atoms with Gasteiger partial charge >= 0.3 is 6.18 Å². The maximum Gasteiger partial charge on any atom is 0.391 e. The lowest BCUT2D eigenvalue weighted by molar-refractivity contribution is -0.203. The summed E-state index contributed by atoms with van der Waals surface area (Å²) in [6.07, 6.45) is -5.14. The summed E-state index contributed by atoms with van der Waals surface area (Å²) in [6, 6.07) is 1.54. The van der Waals surface area contributed by atoms with Gasteiger partial charge in [0, 0.05) is 13.0 Å². The Hall–Kier alpha value is -2.32. The highest BCUT2D eigenvalue weighted by Gasteiger charge is 2.49. The van der Waals surface area contributed by atoms with E-state index in [1.54, 1.807) is 6.92 Å². The second kappa shape index (κ2) is 7.98. The van der Waals surface area contributed by atoms with Gasteiger partial charge in [-0.2, -0.15) is 13.2 Å². The summed E-state index contributed by atoms with van der Waals surface area (Å²) in [5.41, 5.74) is 0.280. The fourth-order valence-corrected chi connectivity index (χ4v) is 4.04. The molecule has 1 fully saturated rings. The van der Waals surface area contributed by atoms with Gasteiger partial charge in [0.15, 0.2) is 17.7 Å². The molecule has 1 aliphatic carbocycles. The van der Waals surface area contributed by atoms with Crippen molar-refractivity contribution in [1.82, 2.24) is 0 Å². The molecule has 2 amide bonds. The third kappa shape index (κ3) is 4.96. The van der Waals surface area contributed by atoms with Crippen LogP contribution in [-0.4, -0.2) is 30.6 Å².